The Morgan fingerprint density at radius 2 is 1.89 bits per heavy atom. The summed E-state index contributed by atoms with van der Waals surface area (Å²) in [6.45, 7) is 0. The van der Waals surface area contributed by atoms with E-state index in [9.17, 15) is 13.2 Å². The fourth-order valence-electron chi connectivity index (χ4n) is 2.21. The summed E-state index contributed by atoms with van der Waals surface area (Å²) < 4.78 is 28.7. The smallest absolute Gasteiger partial charge is 0.322 e. The summed E-state index contributed by atoms with van der Waals surface area (Å²) in [5, 5.41) is 10.2. The van der Waals surface area contributed by atoms with E-state index in [1.807, 2.05) is 30.3 Å². The van der Waals surface area contributed by atoms with Crippen molar-refractivity contribution in [1.82, 2.24) is 10.2 Å². The Morgan fingerprint density at radius 1 is 1.11 bits per heavy atom. The number of benzene rings is 2. The lowest BCUT2D eigenvalue weighted by Crippen LogP contribution is -2.12. The molecule has 1 amide bonds. The molecule has 0 saturated heterocycles. The maximum Gasteiger partial charge on any atom is 0.322 e. The number of thioether (sulfide) groups is 1. The minimum Gasteiger partial charge on any atom is -0.403 e. The molecule has 27 heavy (non-hydrogen) atoms. The van der Waals surface area contributed by atoms with Crippen molar-refractivity contribution in [2.24, 2.45) is 0 Å². The molecule has 3 rings (SSSR count). The third-order valence-corrected chi connectivity index (χ3v) is 5.65. The normalized spacial score (nSPS) is 11.3. The number of nitrogens with zero attached hydrogens (tertiary/aromatic N) is 2. The molecule has 0 aliphatic rings. The van der Waals surface area contributed by atoms with E-state index in [4.69, 9.17) is 4.42 Å². The Hall–Kier alpha value is -2.65. The molecule has 1 aromatic heterocycles. The van der Waals surface area contributed by atoms with Gasteiger partial charge in [0.05, 0.1) is 4.90 Å². The van der Waals surface area contributed by atoms with Crippen molar-refractivity contribution in [2.45, 2.75) is 16.2 Å². The highest BCUT2D eigenvalue weighted by atomic mass is 32.2. The number of amides is 1. The van der Waals surface area contributed by atoms with Crippen LogP contribution in [0.1, 0.15) is 6.42 Å². The van der Waals surface area contributed by atoms with Gasteiger partial charge < -0.3 is 4.42 Å². The van der Waals surface area contributed by atoms with Crippen molar-refractivity contribution in [1.29, 1.82) is 0 Å². The topological polar surface area (TPSA) is 102 Å². The molecule has 0 atom stereocenters. The van der Waals surface area contributed by atoms with E-state index in [2.05, 4.69) is 15.5 Å². The standard InChI is InChI=1S/C18H17N3O4S2/c1-27(23,24)15-9-5-6-13(12-15)17-20-21-18(25-17)19-16(22)10-11-26-14-7-3-2-4-8-14/h2-9,12H,10-11H2,1H3,(H,19,21,22). The molecule has 0 unspecified atom stereocenters. The molecule has 1 heterocycles. The zero-order chi connectivity index (χ0) is 19.3. The molecular weight excluding hydrogens is 386 g/mol. The average molecular weight is 403 g/mol. The van der Waals surface area contributed by atoms with E-state index in [0.29, 0.717) is 17.7 Å². The molecule has 0 aliphatic heterocycles. The third kappa shape index (κ3) is 5.41. The van der Waals surface area contributed by atoms with Crippen LogP contribution in [0.5, 0.6) is 0 Å². The minimum atomic E-state index is -3.34. The van der Waals surface area contributed by atoms with E-state index >= 15 is 0 Å². The first-order chi connectivity index (χ1) is 12.9. The van der Waals surface area contributed by atoms with Crippen molar-refractivity contribution in [3.05, 3.63) is 54.6 Å². The highest BCUT2D eigenvalue weighted by Gasteiger charge is 2.14. The van der Waals surface area contributed by atoms with Gasteiger partial charge in [0.15, 0.2) is 9.84 Å². The van der Waals surface area contributed by atoms with Crippen LogP contribution in [0.2, 0.25) is 0 Å². The van der Waals surface area contributed by atoms with Crippen molar-refractivity contribution in [3.8, 4) is 11.5 Å². The first-order valence-electron chi connectivity index (χ1n) is 8.03. The van der Waals surface area contributed by atoms with Gasteiger partial charge >= 0.3 is 6.01 Å². The van der Waals surface area contributed by atoms with Crippen LogP contribution in [0.25, 0.3) is 11.5 Å². The van der Waals surface area contributed by atoms with Crippen LogP contribution in [-0.2, 0) is 14.6 Å². The Labute approximate surface area is 161 Å². The predicted molar refractivity (Wildman–Crippen MR) is 103 cm³/mol. The molecule has 7 nitrogen and oxygen atoms in total. The van der Waals surface area contributed by atoms with Crippen LogP contribution >= 0.6 is 11.8 Å². The van der Waals surface area contributed by atoms with Crippen LogP contribution in [0.4, 0.5) is 6.01 Å². The van der Waals surface area contributed by atoms with Gasteiger partial charge in [-0.15, -0.1) is 16.9 Å². The molecule has 1 N–H and O–H groups in total. The first-order valence-corrected chi connectivity index (χ1v) is 10.9. The van der Waals surface area contributed by atoms with E-state index in [1.165, 1.54) is 12.1 Å². The molecule has 0 bridgehead atoms. The quantitative estimate of drug-likeness (QED) is 0.604. The zero-order valence-electron chi connectivity index (χ0n) is 14.5. The SMILES string of the molecule is CS(=O)(=O)c1cccc(-c2nnc(NC(=O)CCSc3ccccc3)o2)c1. The lowest BCUT2D eigenvalue weighted by atomic mass is 10.2. The van der Waals surface area contributed by atoms with Gasteiger partial charge in [-0.25, -0.2) is 8.42 Å². The molecule has 0 radical (unpaired) electrons. The van der Waals surface area contributed by atoms with Gasteiger partial charge in [0.25, 0.3) is 0 Å². The van der Waals surface area contributed by atoms with Gasteiger partial charge in [-0.3, -0.25) is 10.1 Å². The summed E-state index contributed by atoms with van der Waals surface area (Å²) in [5.74, 6) is 0.515. The summed E-state index contributed by atoms with van der Waals surface area (Å²) >= 11 is 1.58. The highest BCUT2D eigenvalue weighted by molar-refractivity contribution is 7.99. The average Bonchev–Trinajstić information content (AvgIpc) is 3.10. The zero-order valence-corrected chi connectivity index (χ0v) is 16.1. The Balaban J connectivity index is 1.58. The lowest BCUT2D eigenvalue weighted by Gasteiger charge is -2.02. The fourth-order valence-corrected chi connectivity index (χ4v) is 3.75. The second-order valence-electron chi connectivity index (χ2n) is 5.67. The minimum absolute atomic E-state index is 0.0236. The first kappa shape index (κ1) is 19.1. The number of aromatic nitrogens is 2. The van der Waals surface area contributed by atoms with E-state index in [-0.39, 0.29) is 22.7 Å². The Kier molecular flexibility index (Phi) is 5.92. The molecule has 0 spiro atoms. The molecule has 140 valence electrons. The van der Waals surface area contributed by atoms with E-state index in [1.54, 1.807) is 23.9 Å². The number of nitrogens with one attached hydrogen (secondary N) is 1. The maximum atomic E-state index is 12.0. The second kappa shape index (κ2) is 8.36. The van der Waals surface area contributed by atoms with E-state index in [0.717, 1.165) is 11.2 Å². The number of rotatable bonds is 7. The number of carbonyl (C=O) groups excluding carboxylic acids is 1. The van der Waals surface area contributed by atoms with Gasteiger partial charge in [-0.05, 0) is 30.3 Å². The van der Waals surface area contributed by atoms with Gasteiger partial charge in [-0.1, -0.05) is 29.4 Å². The number of carbonyl (C=O) groups is 1. The second-order valence-corrected chi connectivity index (χ2v) is 8.86. The van der Waals surface area contributed by atoms with Crippen molar-refractivity contribution >= 4 is 33.5 Å². The Morgan fingerprint density at radius 3 is 2.63 bits per heavy atom. The number of hydrogen-bond acceptors (Lipinski definition) is 7. The monoisotopic (exact) mass is 403 g/mol. The van der Waals surface area contributed by atoms with Crippen LogP contribution in [-0.4, -0.2) is 36.5 Å². The summed E-state index contributed by atoms with van der Waals surface area (Å²) in [6.07, 6.45) is 1.42. The Bertz CT molecular complexity index is 1030. The van der Waals surface area contributed by atoms with Crippen molar-refractivity contribution < 1.29 is 17.6 Å². The molecule has 0 saturated carbocycles. The third-order valence-electron chi connectivity index (χ3n) is 3.52. The highest BCUT2D eigenvalue weighted by Crippen LogP contribution is 2.23. The molecule has 0 aliphatic carbocycles. The van der Waals surface area contributed by atoms with Crippen LogP contribution in [0.15, 0.2) is 68.8 Å². The van der Waals surface area contributed by atoms with Crippen LogP contribution in [0, 0.1) is 0 Å². The molecule has 3 aromatic rings. The number of hydrogen-bond donors (Lipinski definition) is 1. The molecule has 2 aromatic carbocycles. The number of sulfone groups is 1. The van der Waals surface area contributed by atoms with Gasteiger partial charge in [-0.2, -0.15) is 0 Å². The molecule has 0 fully saturated rings. The maximum absolute atomic E-state index is 12.0. The van der Waals surface area contributed by atoms with E-state index < -0.39 is 9.84 Å². The number of anilines is 1. The largest absolute Gasteiger partial charge is 0.403 e. The summed E-state index contributed by atoms with van der Waals surface area (Å²) in [4.78, 5) is 13.3. The van der Waals surface area contributed by atoms with Crippen molar-refractivity contribution in [2.75, 3.05) is 17.3 Å². The summed E-state index contributed by atoms with van der Waals surface area (Å²) in [7, 11) is -3.34. The molecular formula is C18H17N3O4S2. The summed E-state index contributed by atoms with van der Waals surface area (Å²) in [6, 6.07) is 16.0. The van der Waals surface area contributed by atoms with Crippen LogP contribution < -0.4 is 5.32 Å². The van der Waals surface area contributed by atoms with Crippen LogP contribution in [0.3, 0.4) is 0 Å². The van der Waals surface area contributed by atoms with Crippen molar-refractivity contribution in [3.63, 3.8) is 0 Å². The van der Waals surface area contributed by atoms with Gasteiger partial charge in [0.2, 0.25) is 11.8 Å². The summed E-state index contributed by atoms with van der Waals surface area (Å²) in [5.41, 5.74) is 0.463. The predicted octanol–water partition coefficient (Wildman–Crippen LogP) is 3.26. The van der Waals surface area contributed by atoms with Gasteiger partial charge in [0, 0.05) is 28.9 Å². The lowest BCUT2D eigenvalue weighted by molar-refractivity contribution is -0.115. The fraction of sp³-hybridized carbons (Fsp3) is 0.167. The molecule has 9 heteroatoms. The van der Waals surface area contributed by atoms with Gasteiger partial charge in [0.1, 0.15) is 0 Å².